The van der Waals surface area contributed by atoms with E-state index in [2.05, 4.69) is 0 Å². The Kier molecular flexibility index (Phi) is 3.86. The van der Waals surface area contributed by atoms with Crippen molar-refractivity contribution in [3.63, 3.8) is 0 Å². The van der Waals surface area contributed by atoms with E-state index >= 15 is 0 Å². The highest BCUT2D eigenvalue weighted by atomic mass is 35.5. The van der Waals surface area contributed by atoms with Gasteiger partial charge < -0.3 is 14.6 Å². The number of carbonyl (C=O) groups is 1. The van der Waals surface area contributed by atoms with Crippen LogP contribution in [0.3, 0.4) is 0 Å². The van der Waals surface area contributed by atoms with Gasteiger partial charge in [0.1, 0.15) is 12.4 Å². The number of rotatable bonds is 5. The van der Waals surface area contributed by atoms with Crippen LogP contribution < -0.4 is 4.74 Å². The topological polar surface area (TPSA) is 55.8 Å². The average molecular weight is 257 g/mol. The van der Waals surface area contributed by atoms with Crippen molar-refractivity contribution in [2.45, 2.75) is 12.8 Å². The fraction of sp³-hybridized carbons (Fsp3) is 0.417. The van der Waals surface area contributed by atoms with Crippen molar-refractivity contribution in [2.75, 3.05) is 19.8 Å². The number of halogens is 1. The molecule has 17 heavy (non-hydrogen) atoms. The molecule has 0 bridgehead atoms. The first kappa shape index (κ1) is 12.2. The van der Waals surface area contributed by atoms with Gasteiger partial charge in [-0.05, 0) is 29.7 Å². The zero-order valence-corrected chi connectivity index (χ0v) is 10.00. The number of carboxylic acids is 1. The summed E-state index contributed by atoms with van der Waals surface area (Å²) >= 11 is 6.00. The summed E-state index contributed by atoms with van der Waals surface area (Å²) in [5.41, 5.74) is 2.10. The minimum atomic E-state index is -0.961. The molecule has 1 N–H and O–H groups in total. The number of ether oxygens (including phenoxy) is 2. The second-order valence-corrected chi connectivity index (χ2v) is 4.28. The van der Waals surface area contributed by atoms with Crippen molar-refractivity contribution in [2.24, 2.45) is 0 Å². The third-order valence-corrected chi connectivity index (χ3v) is 2.78. The van der Waals surface area contributed by atoms with E-state index in [0.29, 0.717) is 24.7 Å². The molecule has 1 aliphatic heterocycles. The van der Waals surface area contributed by atoms with Crippen molar-refractivity contribution in [1.82, 2.24) is 0 Å². The highest BCUT2D eigenvalue weighted by molar-refractivity contribution is 6.30. The lowest BCUT2D eigenvalue weighted by molar-refractivity contribution is -0.142. The van der Waals surface area contributed by atoms with Gasteiger partial charge in [0.05, 0.1) is 13.2 Å². The fourth-order valence-electron chi connectivity index (χ4n) is 1.87. The molecule has 4 nitrogen and oxygen atoms in total. The minimum Gasteiger partial charge on any atom is -0.493 e. The van der Waals surface area contributed by atoms with Crippen LogP contribution in [-0.4, -0.2) is 30.9 Å². The molecule has 2 rings (SSSR count). The molecule has 0 saturated carbocycles. The Morgan fingerprint density at radius 2 is 2.35 bits per heavy atom. The number of aliphatic carboxylic acids is 1. The van der Waals surface area contributed by atoms with Crippen molar-refractivity contribution >= 4 is 17.6 Å². The highest BCUT2D eigenvalue weighted by Crippen LogP contribution is 2.33. The van der Waals surface area contributed by atoms with Crippen LogP contribution in [0.5, 0.6) is 5.75 Å². The maximum absolute atomic E-state index is 10.3. The van der Waals surface area contributed by atoms with Gasteiger partial charge in [-0.15, -0.1) is 0 Å². The molecule has 0 unspecified atom stereocenters. The lowest BCUT2D eigenvalue weighted by Crippen LogP contribution is -2.09. The summed E-state index contributed by atoms with van der Waals surface area (Å²) < 4.78 is 10.5. The molecule has 0 amide bonds. The van der Waals surface area contributed by atoms with Gasteiger partial charge >= 0.3 is 5.97 Å². The summed E-state index contributed by atoms with van der Waals surface area (Å²) in [6, 6.07) is 3.75. The minimum absolute atomic E-state index is 0.274. The van der Waals surface area contributed by atoms with Gasteiger partial charge in [0.25, 0.3) is 0 Å². The molecule has 1 aromatic carbocycles. The molecular weight excluding hydrogens is 244 g/mol. The van der Waals surface area contributed by atoms with Gasteiger partial charge in [-0.3, -0.25) is 0 Å². The Hall–Kier alpha value is -1.26. The second kappa shape index (κ2) is 5.38. The van der Waals surface area contributed by atoms with Crippen molar-refractivity contribution < 1.29 is 19.4 Å². The number of carboxylic acid groups (broad SMARTS) is 1. The van der Waals surface area contributed by atoms with E-state index in [1.54, 1.807) is 0 Å². The maximum atomic E-state index is 10.3. The van der Waals surface area contributed by atoms with Gasteiger partial charge in [-0.2, -0.15) is 0 Å². The zero-order chi connectivity index (χ0) is 12.3. The molecule has 0 atom stereocenters. The van der Waals surface area contributed by atoms with E-state index < -0.39 is 5.97 Å². The Morgan fingerprint density at radius 3 is 3.12 bits per heavy atom. The molecule has 0 saturated heterocycles. The van der Waals surface area contributed by atoms with Crippen LogP contribution in [0.2, 0.25) is 5.02 Å². The van der Waals surface area contributed by atoms with Crippen LogP contribution in [0.25, 0.3) is 0 Å². The summed E-state index contributed by atoms with van der Waals surface area (Å²) in [6.07, 6.45) is 1.48. The molecule has 0 aliphatic carbocycles. The average Bonchev–Trinajstić information content (AvgIpc) is 2.71. The molecule has 0 radical (unpaired) electrons. The Labute approximate surface area is 104 Å². The molecule has 5 heteroatoms. The predicted molar refractivity (Wildman–Crippen MR) is 62.8 cm³/mol. The van der Waals surface area contributed by atoms with E-state index in [9.17, 15) is 4.79 Å². The molecular formula is C12H13ClO4. The number of hydrogen-bond donors (Lipinski definition) is 1. The molecule has 1 heterocycles. The first-order valence-corrected chi connectivity index (χ1v) is 5.78. The number of fused-ring (bicyclic) bond motifs is 1. The van der Waals surface area contributed by atoms with Crippen LogP contribution in [0, 0.1) is 0 Å². The zero-order valence-electron chi connectivity index (χ0n) is 9.24. The fourth-order valence-corrected chi connectivity index (χ4v) is 2.14. The molecule has 0 spiro atoms. The smallest absolute Gasteiger partial charge is 0.329 e. The van der Waals surface area contributed by atoms with E-state index in [1.807, 2.05) is 12.1 Å². The number of hydrogen-bond acceptors (Lipinski definition) is 3. The van der Waals surface area contributed by atoms with E-state index in [-0.39, 0.29) is 6.61 Å². The van der Waals surface area contributed by atoms with Crippen LogP contribution in [0.1, 0.15) is 11.1 Å². The van der Waals surface area contributed by atoms with Crippen molar-refractivity contribution in [1.29, 1.82) is 0 Å². The SMILES string of the molecule is O=C(O)COCCc1cc(Cl)cc2c1OCC2. The summed E-state index contributed by atoms with van der Waals surface area (Å²) in [5.74, 6) is -0.0779. The van der Waals surface area contributed by atoms with Crippen molar-refractivity contribution in [3.05, 3.63) is 28.3 Å². The largest absolute Gasteiger partial charge is 0.493 e. The molecule has 92 valence electrons. The summed E-state index contributed by atoms with van der Waals surface area (Å²) in [7, 11) is 0. The lowest BCUT2D eigenvalue weighted by atomic mass is 10.1. The summed E-state index contributed by atoms with van der Waals surface area (Å²) in [4.78, 5) is 10.3. The first-order valence-electron chi connectivity index (χ1n) is 5.40. The molecule has 1 aliphatic rings. The van der Waals surface area contributed by atoms with E-state index in [0.717, 1.165) is 23.3 Å². The lowest BCUT2D eigenvalue weighted by Gasteiger charge is -2.08. The molecule has 0 fully saturated rings. The Morgan fingerprint density at radius 1 is 1.53 bits per heavy atom. The van der Waals surface area contributed by atoms with Gasteiger partial charge in [-0.25, -0.2) is 4.79 Å². The monoisotopic (exact) mass is 256 g/mol. The molecule has 1 aromatic rings. The standard InChI is InChI=1S/C12H13ClO4/c13-10-5-8(1-3-16-7-11(14)15)12-9(6-10)2-4-17-12/h5-6H,1-4,7H2,(H,14,15). The maximum Gasteiger partial charge on any atom is 0.329 e. The van der Waals surface area contributed by atoms with Gasteiger partial charge in [-0.1, -0.05) is 11.6 Å². The van der Waals surface area contributed by atoms with E-state index in [1.165, 1.54) is 0 Å². The van der Waals surface area contributed by atoms with Gasteiger partial charge in [0.2, 0.25) is 0 Å². The van der Waals surface area contributed by atoms with Crippen LogP contribution in [0.4, 0.5) is 0 Å². The first-order chi connectivity index (χ1) is 8.16. The quantitative estimate of drug-likeness (QED) is 0.818. The summed E-state index contributed by atoms with van der Waals surface area (Å²) in [6.45, 7) is 0.755. The Balaban J connectivity index is 1.98. The molecule has 0 aromatic heterocycles. The van der Waals surface area contributed by atoms with Crippen LogP contribution in [-0.2, 0) is 22.4 Å². The van der Waals surface area contributed by atoms with Crippen molar-refractivity contribution in [3.8, 4) is 5.75 Å². The second-order valence-electron chi connectivity index (χ2n) is 3.85. The predicted octanol–water partition coefficient (Wildman–Crippen LogP) is 1.92. The van der Waals surface area contributed by atoms with Crippen LogP contribution in [0.15, 0.2) is 12.1 Å². The normalized spacial score (nSPS) is 13.2. The van der Waals surface area contributed by atoms with Gasteiger partial charge in [0, 0.05) is 11.4 Å². The third-order valence-electron chi connectivity index (χ3n) is 2.57. The van der Waals surface area contributed by atoms with E-state index in [4.69, 9.17) is 26.2 Å². The van der Waals surface area contributed by atoms with Gasteiger partial charge in [0.15, 0.2) is 0 Å². The third kappa shape index (κ3) is 3.11. The highest BCUT2D eigenvalue weighted by Gasteiger charge is 2.17. The van der Waals surface area contributed by atoms with Crippen LogP contribution >= 0.6 is 11.6 Å². The number of benzene rings is 1. The Bertz CT molecular complexity index is 431. The summed E-state index contributed by atoms with van der Waals surface area (Å²) in [5, 5.41) is 9.12.